The van der Waals surface area contributed by atoms with Crippen LogP contribution in [-0.2, 0) is 20.9 Å². The first kappa shape index (κ1) is 26.4. The number of nitrogens with one attached hydrogen (secondary N) is 2. The molecule has 3 aromatic rings. The van der Waals surface area contributed by atoms with Crippen LogP contribution >= 0.6 is 11.3 Å². The molecular formula is C28H31N3O5S. The van der Waals surface area contributed by atoms with E-state index in [9.17, 15) is 14.4 Å². The molecule has 4 rings (SSSR count). The zero-order chi connectivity index (χ0) is 26.0. The van der Waals surface area contributed by atoms with Crippen LogP contribution in [0.15, 0.2) is 72.1 Å². The van der Waals surface area contributed by atoms with Crippen molar-refractivity contribution in [3.8, 4) is 5.75 Å². The van der Waals surface area contributed by atoms with E-state index in [4.69, 9.17) is 9.47 Å². The van der Waals surface area contributed by atoms with Crippen LogP contribution in [0.4, 0.5) is 0 Å². The highest BCUT2D eigenvalue weighted by Gasteiger charge is 2.33. The molecule has 2 aromatic carbocycles. The molecule has 0 aliphatic carbocycles. The van der Waals surface area contributed by atoms with Crippen LogP contribution in [0.1, 0.15) is 39.7 Å². The minimum Gasteiger partial charge on any atom is -0.496 e. The van der Waals surface area contributed by atoms with E-state index < -0.39 is 11.9 Å². The normalized spacial score (nSPS) is 15.5. The minimum atomic E-state index is -0.918. The smallest absolute Gasteiger partial charge is 0.261 e. The third kappa shape index (κ3) is 6.96. The highest BCUT2D eigenvalue weighted by Crippen LogP contribution is 2.27. The van der Waals surface area contributed by atoms with Gasteiger partial charge in [0.1, 0.15) is 11.8 Å². The number of nitrogens with zero attached hydrogens (tertiary/aromatic N) is 1. The molecule has 1 aliphatic heterocycles. The first-order chi connectivity index (χ1) is 18.1. The Balaban J connectivity index is 1.62. The van der Waals surface area contributed by atoms with Crippen LogP contribution < -0.4 is 15.4 Å². The van der Waals surface area contributed by atoms with Crippen molar-refractivity contribution in [2.45, 2.75) is 31.5 Å². The summed E-state index contributed by atoms with van der Waals surface area (Å²) in [6.45, 7) is 0.915. The van der Waals surface area contributed by atoms with Gasteiger partial charge in [0.15, 0.2) is 0 Å². The predicted molar refractivity (Wildman–Crippen MR) is 141 cm³/mol. The van der Waals surface area contributed by atoms with Gasteiger partial charge in [-0.25, -0.2) is 0 Å². The number of carbonyl (C=O) groups excluding carboxylic acids is 3. The quantitative estimate of drug-likeness (QED) is 0.402. The summed E-state index contributed by atoms with van der Waals surface area (Å²) in [7, 11) is 1.56. The standard InChI is InChI=1S/C28H31N3O5S/c1-35-23-13-6-5-11-21(23)19-31(25(32)18-30-27(33)24-14-8-16-37-24)26(20-9-3-2-4-10-20)28(34)29-17-22-12-7-15-36-22/h2-6,8-11,13-14,16,22,26H,7,12,15,17-19H2,1H3,(H,29,34)(H,30,33)/t22-,26+/m1/s1. The van der Waals surface area contributed by atoms with Crippen molar-refractivity contribution in [3.05, 3.63) is 88.1 Å². The molecule has 3 amide bonds. The largest absolute Gasteiger partial charge is 0.496 e. The number of rotatable bonds is 11. The van der Waals surface area contributed by atoms with E-state index >= 15 is 0 Å². The van der Waals surface area contributed by atoms with Crippen molar-refractivity contribution in [2.24, 2.45) is 0 Å². The summed E-state index contributed by atoms with van der Waals surface area (Å²) in [4.78, 5) is 41.8. The second-order valence-electron chi connectivity index (χ2n) is 8.69. The Hall–Kier alpha value is -3.69. The Kier molecular flexibility index (Phi) is 9.29. The molecule has 1 aliphatic rings. The van der Waals surface area contributed by atoms with Crippen molar-refractivity contribution in [3.63, 3.8) is 0 Å². The number of thiophene rings is 1. The van der Waals surface area contributed by atoms with Crippen LogP contribution in [0.2, 0.25) is 0 Å². The van der Waals surface area contributed by atoms with E-state index in [0.717, 1.165) is 18.4 Å². The number of carbonyl (C=O) groups is 3. The second-order valence-corrected chi connectivity index (χ2v) is 9.63. The van der Waals surface area contributed by atoms with Gasteiger partial charge in [-0.2, -0.15) is 0 Å². The Bertz CT molecular complexity index is 1180. The second kappa shape index (κ2) is 13.0. The lowest BCUT2D eigenvalue weighted by molar-refractivity contribution is -0.141. The van der Waals surface area contributed by atoms with Gasteiger partial charge in [-0.1, -0.05) is 54.6 Å². The molecule has 1 aromatic heterocycles. The lowest BCUT2D eigenvalue weighted by Gasteiger charge is -2.32. The molecule has 2 N–H and O–H groups in total. The van der Waals surface area contributed by atoms with Gasteiger partial charge in [0, 0.05) is 18.7 Å². The number of hydrogen-bond acceptors (Lipinski definition) is 6. The molecular weight excluding hydrogens is 490 g/mol. The minimum absolute atomic E-state index is 0.0381. The summed E-state index contributed by atoms with van der Waals surface area (Å²) in [5, 5.41) is 7.48. The maximum Gasteiger partial charge on any atom is 0.261 e. The summed E-state index contributed by atoms with van der Waals surface area (Å²) in [5.74, 6) is -0.430. The number of methoxy groups -OCH3 is 1. The fourth-order valence-corrected chi connectivity index (χ4v) is 4.96. The van der Waals surface area contributed by atoms with Gasteiger partial charge in [0.05, 0.1) is 31.2 Å². The van der Waals surface area contributed by atoms with Crippen LogP contribution in [-0.4, -0.2) is 55.5 Å². The Labute approximate surface area is 220 Å². The lowest BCUT2D eigenvalue weighted by Crippen LogP contribution is -2.48. The molecule has 0 radical (unpaired) electrons. The van der Waals surface area contributed by atoms with Crippen LogP contribution in [0.3, 0.4) is 0 Å². The van der Waals surface area contributed by atoms with Crippen molar-refractivity contribution in [2.75, 3.05) is 26.8 Å². The number of para-hydroxylation sites is 1. The third-order valence-electron chi connectivity index (χ3n) is 6.20. The molecule has 0 saturated carbocycles. The molecule has 8 nitrogen and oxygen atoms in total. The maximum atomic E-state index is 13.7. The fraction of sp³-hybridized carbons (Fsp3) is 0.321. The highest BCUT2D eigenvalue weighted by molar-refractivity contribution is 7.12. The van der Waals surface area contributed by atoms with Crippen molar-refractivity contribution >= 4 is 29.1 Å². The number of amides is 3. The zero-order valence-electron chi connectivity index (χ0n) is 20.7. The molecule has 2 heterocycles. The SMILES string of the molecule is COc1ccccc1CN(C(=O)CNC(=O)c1cccs1)[C@H](C(=O)NC[C@H]1CCCO1)c1ccccc1. The molecule has 0 unspecified atom stereocenters. The molecule has 1 fully saturated rings. The number of ether oxygens (including phenoxy) is 2. The average molecular weight is 522 g/mol. The van der Waals surface area contributed by atoms with E-state index in [1.807, 2.05) is 54.6 Å². The molecule has 0 spiro atoms. The van der Waals surface area contributed by atoms with Crippen LogP contribution in [0.5, 0.6) is 5.75 Å². The van der Waals surface area contributed by atoms with Gasteiger partial charge in [0.25, 0.3) is 5.91 Å². The van der Waals surface area contributed by atoms with Gasteiger partial charge in [-0.05, 0) is 35.9 Å². The van der Waals surface area contributed by atoms with Gasteiger partial charge in [0.2, 0.25) is 11.8 Å². The number of benzene rings is 2. The average Bonchev–Trinajstić information content (AvgIpc) is 3.66. The van der Waals surface area contributed by atoms with Gasteiger partial charge in [-0.3, -0.25) is 14.4 Å². The third-order valence-corrected chi connectivity index (χ3v) is 7.07. The Morgan fingerprint density at radius 1 is 1.05 bits per heavy atom. The van der Waals surface area contributed by atoms with Gasteiger partial charge < -0.3 is 25.0 Å². The van der Waals surface area contributed by atoms with E-state index in [1.54, 1.807) is 24.6 Å². The van der Waals surface area contributed by atoms with Gasteiger partial charge in [-0.15, -0.1) is 11.3 Å². The molecule has 37 heavy (non-hydrogen) atoms. The summed E-state index contributed by atoms with van der Waals surface area (Å²) in [6.07, 6.45) is 1.81. The van der Waals surface area contributed by atoms with Crippen molar-refractivity contribution < 1.29 is 23.9 Å². The predicted octanol–water partition coefficient (Wildman–Crippen LogP) is 3.55. The fourth-order valence-electron chi connectivity index (χ4n) is 4.32. The van der Waals surface area contributed by atoms with E-state index in [2.05, 4.69) is 10.6 Å². The van der Waals surface area contributed by atoms with E-state index in [-0.39, 0.29) is 31.0 Å². The van der Waals surface area contributed by atoms with Crippen LogP contribution in [0.25, 0.3) is 0 Å². The topological polar surface area (TPSA) is 97.0 Å². The summed E-state index contributed by atoms with van der Waals surface area (Å²) in [5.41, 5.74) is 1.41. The Morgan fingerprint density at radius 2 is 1.84 bits per heavy atom. The van der Waals surface area contributed by atoms with Crippen LogP contribution in [0, 0.1) is 0 Å². The first-order valence-electron chi connectivity index (χ1n) is 12.2. The summed E-state index contributed by atoms with van der Waals surface area (Å²) in [6, 6.07) is 19.1. The highest BCUT2D eigenvalue weighted by atomic mass is 32.1. The van der Waals surface area contributed by atoms with Gasteiger partial charge >= 0.3 is 0 Å². The molecule has 9 heteroatoms. The van der Waals surface area contributed by atoms with E-state index in [0.29, 0.717) is 29.3 Å². The maximum absolute atomic E-state index is 13.7. The molecule has 2 atom stereocenters. The zero-order valence-corrected chi connectivity index (χ0v) is 21.5. The molecule has 0 bridgehead atoms. The first-order valence-corrected chi connectivity index (χ1v) is 13.1. The van der Waals surface area contributed by atoms with Crippen molar-refractivity contribution in [1.82, 2.24) is 15.5 Å². The van der Waals surface area contributed by atoms with Crippen molar-refractivity contribution in [1.29, 1.82) is 0 Å². The van der Waals surface area contributed by atoms with E-state index in [1.165, 1.54) is 16.2 Å². The summed E-state index contributed by atoms with van der Waals surface area (Å²) >= 11 is 1.30. The number of hydrogen-bond donors (Lipinski definition) is 2. The summed E-state index contributed by atoms with van der Waals surface area (Å²) < 4.78 is 11.2. The Morgan fingerprint density at radius 3 is 2.54 bits per heavy atom. The molecule has 194 valence electrons. The molecule has 1 saturated heterocycles. The lowest BCUT2D eigenvalue weighted by atomic mass is 10.0. The monoisotopic (exact) mass is 521 g/mol.